The Balaban J connectivity index is 2.84. The maximum atomic E-state index is 5.38. The summed E-state index contributed by atoms with van der Waals surface area (Å²) in [4.78, 5) is 0. The first-order valence-electron chi connectivity index (χ1n) is 3.44. The molecule has 0 amide bonds. The molecule has 1 rings (SSSR count). The van der Waals surface area contributed by atoms with E-state index in [4.69, 9.17) is 6.58 Å². The van der Waals surface area contributed by atoms with Crippen LogP contribution < -0.4 is 0 Å². The molecule has 0 N–H and O–H groups in total. The van der Waals surface area contributed by atoms with Gasteiger partial charge in [0.05, 0.1) is 0 Å². The zero-order chi connectivity index (χ0) is 7.40. The monoisotopic (exact) mass is 131 g/mol. The number of hydrogen-bond acceptors (Lipinski definition) is 0. The standard InChI is InChI=1S/C10H11/c1-3-9(2)10-7-5-4-6-8-10/h1,3-9H,2H3. The molecule has 0 bridgehead atoms. The van der Waals surface area contributed by atoms with Crippen LogP contribution in [0.4, 0.5) is 0 Å². The minimum Gasteiger partial charge on any atom is -0.0773 e. The van der Waals surface area contributed by atoms with Gasteiger partial charge in [0.2, 0.25) is 0 Å². The van der Waals surface area contributed by atoms with Crippen LogP contribution in [0.3, 0.4) is 0 Å². The van der Waals surface area contributed by atoms with E-state index >= 15 is 0 Å². The Kier molecular flexibility index (Phi) is 2.27. The van der Waals surface area contributed by atoms with Crippen molar-refractivity contribution in [3.05, 3.63) is 48.6 Å². The van der Waals surface area contributed by atoms with Crippen LogP contribution in [0, 0.1) is 6.58 Å². The fourth-order valence-electron chi connectivity index (χ4n) is 0.868. The smallest absolute Gasteiger partial charge is 0.000732 e. The van der Waals surface area contributed by atoms with Gasteiger partial charge >= 0.3 is 0 Å². The first-order chi connectivity index (χ1) is 4.84. The zero-order valence-electron chi connectivity index (χ0n) is 6.12. The molecule has 0 heteroatoms. The molecule has 0 aromatic heterocycles. The van der Waals surface area contributed by atoms with Gasteiger partial charge in [0.25, 0.3) is 0 Å². The molecule has 1 aromatic carbocycles. The van der Waals surface area contributed by atoms with E-state index in [-0.39, 0.29) is 0 Å². The van der Waals surface area contributed by atoms with E-state index in [1.54, 1.807) is 6.08 Å². The third-order valence-corrected chi connectivity index (χ3v) is 1.61. The molecule has 10 heavy (non-hydrogen) atoms. The summed E-state index contributed by atoms with van der Waals surface area (Å²) < 4.78 is 0. The van der Waals surface area contributed by atoms with Crippen molar-refractivity contribution in [2.45, 2.75) is 12.8 Å². The average molecular weight is 131 g/mol. The van der Waals surface area contributed by atoms with Gasteiger partial charge in [-0.25, -0.2) is 0 Å². The summed E-state index contributed by atoms with van der Waals surface area (Å²) >= 11 is 0. The lowest BCUT2D eigenvalue weighted by Gasteiger charge is -2.03. The Morgan fingerprint density at radius 3 is 2.40 bits per heavy atom. The topological polar surface area (TPSA) is 0 Å². The third kappa shape index (κ3) is 1.47. The fraction of sp³-hybridized carbons (Fsp3) is 0.200. The van der Waals surface area contributed by atoms with Crippen LogP contribution in [-0.2, 0) is 0 Å². The predicted molar refractivity (Wildman–Crippen MR) is 43.7 cm³/mol. The van der Waals surface area contributed by atoms with Crippen molar-refractivity contribution in [2.75, 3.05) is 0 Å². The van der Waals surface area contributed by atoms with Gasteiger partial charge in [0, 0.05) is 0 Å². The Morgan fingerprint density at radius 2 is 1.90 bits per heavy atom. The molecule has 0 aliphatic rings. The van der Waals surface area contributed by atoms with Gasteiger partial charge in [-0.15, -0.1) is 0 Å². The van der Waals surface area contributed by atoms with Gasteiger partial charge in [-0.3, -0.25) is 0 Å². The molecule has 1 atom stereocenters. The van der Waals surface area contributed by atoms with Crippen molar-refractivity contribution < 1.29 is 0 Å². The highest BCUT2D eigenvalue weighted by atomic mass is 14.0. The van der Waals surface area contributed by atoms with Crippen LogP contribution in [0.25, 0.3) is 0 Å². The molecule has 0 saturated carbocycles. The summed E-state index contributed by atoms with van der Waals surface area (Å²) in [7, 11) is 0. The first kappa shape index (κ1) is 7.07. The van der Waals surface area contributed by atoms with Gasteiger partial charge in [0.15, 0.2) is 0 Å². The second-order valence-corrected chi connectivity index (χ2v) is 2.39. The number of allylic oxidation sites excluding steroid dienone is 1. The van der Waals surface area contributed by atoms with Crippen molar-refractivity contribution in [3.63, 3.8) is 0 Å². The second-order valence-electron chi connectivity index (χ2n) is 2.39. The van der Waals surface area contributed by atoms with Gasteiger partial charge in [-0.05, 0) is 11.5 Å². The molecule has 1 radical (unpaired) electrons. The van der Waals surface area contributed by atoms with E-state index in [0.717, 1.165) is 0 Å². The van der Waals surface area contributed by atoms with Gasteiger partial charge < -0.3 is 0 Å². The van der Waals surface area contributed by atoms with E-state index in [0.29, 0.717) is 5.92 Å². The van der Waals surface area contributed by atoms with Crippen LogP contribution in [0.2, 0.25) is 0 Å². The van der Waals surface area contributed by atoms with E-state index in [1.807, 2.05) is 18.2 Å². The lowest BCUT2D eigenvalue weighted by Crippen LogP contribution is -1.85. The summed E-state index contributed by atoms with van der Waals surface area (Å²) in [5.41, 5.74) is 1.27. The molecule has 0 heterocycles. The van der Waals surface area contributed by atoms with Crippen LogP contribution in [0.15, 0.2) is 36.4 Å². The highest BCUT2D eigenvalue weighted by Crippen LogP contribution is 2.13. The van der Waals surface area contributed by atoms with Crippen molar-refractivity contribution in [1.82, 2.24) is 0 Å². The van der Waals surface area contributed by atoms with Gasteiger partial charge in [-0.1, -0.05) is 49.9 Å². The van der Waals surface area contributed by atoms with Crippen molar-refractivity contribution in [1.29, 1.82) is 0 Å². The lowest BCUT2D eigenvalue weighted by molar-refractivity contribution is 0.969. The molecule has 51 valence electrons. The molecular formula is C10H11. The first-order valence-corrected chi connectivity index (χ1v) is 3.44. The molecule has 0 fully saturated rings. The summed E-state index contributed by atoms with van der Waals surface area (Å²) in [6.07, 6.45) is 1.70. The van der Waals surface area contributed by atoms with Crippen molar-refractivity contribution in [2.24, 2.45) is 0 Å². The van der Waals surface area contributed by atoms with Crippen LogP contribution in [0.5, 0.6) is 0 Å². The Hall–Kier alpha value is -1.04. The average Bonchev–Trinajstić information content (AvgIpc) is 2.05. The molecule has 0 aliphatic heterocycles. The molecule has 0 spiro atoms. The SMILES string of the molecule is [CH]=CC(C)c1ccccc1. The molecule has 1 unspecified atom stereocenters. The second kappa shape index (κ2) is 3.21. The van der Waals surface area contributed by atoms with E-state index < -0.39 is 0 Å². The third-order valence-electron chi connectivity index (χ3n) is 1.61. The predicted octanol–water partition coefficient (Wildman–Crippen LogP) is 2.78. The maximum absolute atomic E-state index is 5.38. The molecule has 0 nitrogen and oxygen atoms in total. The summed E-state index contributed by atoms with van der Waals surface area (Å²) in [6, 6.07) is 10.2. The molecule has 0 aliphatic carbocycles. The highest BCUT2D eigenvalue weighted by molar-refractivity contribution is 5.21. The molecule has 0 saturated heterocycles. The molecule has 1 aromatic rings. The summed E-state index contributed by atoms with van der Waals surface area (Å²) in [5.74, 6) is 0.362. The highest BCUT2D eigenvalue weighted by Gasteiger charge is 1.96. The maximum Gasteiger partial charge on any atom is -0.000732 e. The Morgan fingerprint density at radius 1 is 1.30 bits per heavy atom. The van der Waals surface area contributed by atoms with Gasteiger partial charge in [0.1, 0.15) is 0 Å². The quantitative estimate of drug-likeness (QED) is 0.579. The van der Waals surface area contributed by atoms with E-state index in [1.165, 1.54) is 5.56 Å². The van der Waals surface area contributed by atoms with E-state index in [2.05, 4.69) is 19.1 Å². The normalized spacial score (nSPS) is 12.5. The number of hydrogen-bond donors (Lipinski definition) is 0. The fourth-order valence-corrected chi connectivity index (χ4v) is 0.868. The van der Waals surface area contributed by atoms with Crippen molar-refractivity contribution >= 4 is 0 Å². The van der Waals surface area contributed by atoms with Crippen molar-refractivity contribution in [3.8, 4) is 0 Å². The molecular weight excluding hydrogens is 120 g/mol. The minimum absolute atomic E-state index is 0.362. The lowest BCUT2D eigenvalue weighted by atomic mass is 10.0. The Bertz CT molecular complexity index is 199. The Labute approximate surface area is 62.2 Å². The van der Waals surface area contributed by atoms with Crippen LogP contribution >= 0.6 is 0 Å². The largest absolute Gasteiger partial charge is 0.0773 e. The van der Waals surface area contributed by atoms with Crippen LogP contribution in [0.1, 0.15) is 18.4 Å². The van der Waals surface area contributed by atoms with Gasteiger partial charge in [-0.2, -0.15) is 0 Å². The number of rotatable bonds is 2. The van der Waals surface area contributed by atoms with E-state index in [9.17, 15) is 0 Å². The summed E-state index contributed by atoms with van der Waals surface area (Å²) in [5, 5.41) is 0. The minimum atomic E-state index is 0.362. The zero-order valence-corrected chi connectivity index (χ0v) is 6.12. The summed E-state index contributed by atoms with van der Waals surface area (Å²) in [6.45, 7) is 7.46. The number of benzene rings is 1. The van der Waals surface area contributed by atoms with Crippen LogP contribution in [-0.4, -0.2) is 0 Å².